The average molecular weight is 328 g/mol. The van der Waals surface area contributed by atoms with Gasteiger partial charge in [0.15, 0.2) is 5.00 Å². The first-order valence-electron chi connectivity index (χ1n) is 5.71. The summed E-state index contributed by atoms with van der Waals surface area (Å²) in [6.45, 7) is 3.45. The molecule has 21 heavy (non-hydrogen) atoms. The lowest BCUT2D eigenvalue weighted by atomic mass is 10.3. The maximum Gasteiger partial charge on any atom is 0.304 e. The number of rotatable bonds is 4. The number of aryl methyl sites for hydroxylation is 2. The third kappa shape index (κ3) is 3.11. The van der Waals surface area contributed by atoms with E-state index in [4.69, 9.17) is 5.73 Å². The summed E-state index contributed by atoms with van der Waals surface area (Å²) < 4.78 is 26.6. The largest absolute Gasteiger partial charge is 0.385 e. The highest BCUT2D eigenvalue weighted by Crippen LogP contribution is 2.35. The highest BCUT2D eigenvalue weighted by molar-refractivity contribution is 7.94. The van der Waals surface area contributed by atoms with Crippen LogP contribution in [0.2, 0.25) is 0 Å². The summed E-state index contributed by atoms with van der Waals surface area (Å²) in [7, 11) is -3.94. The predicted molar refractivity (Wildman–Crippen MR) is 79.9 cm³/mol. The summed E-state index contributed by atoms with van der Waals surface area (Å²) in [4.78, 5) is 14.1. The molecule has 0 aliphatic heterocycles. The molecule has 8 nitrogen and oxygen atoms in total. The van der Waals surface area contributed by atoms with E-state index in [2.05, 4.69) is 9.71 Å². The van der Waals surface area contributed by atoms with Crippen LogP contribution >= 0.6 is 11.3 Å². The van der Waals surface area contributed by atoms with Crippen LogP contribution in [0, 0.1) is 24.0 Å². The number of aromatic nitrogens is 1. The van der Waals surface area contributed by atoms with Crippen LogP contribution in [0.25, 0.3) is 0 Å². The molecule has 0 fully saturated rings. The molecular formula is C11H12N4O4S2. The van der Waals surface area contributed by atoms with Crippen LogP contribution in [0.15, 0.2) is 22.4 Å². The number of anilines is 2. The van der Waals surface area contributed by atoms with Gasteiger partial charge in [0.25, 0.3) is 10.0 Å². The van der Waals surface area contributed by atoms with Crippen LogP contribution in [-0.2, 0) is 10.0 Å². The Hall–Kier alpha value is -2.20. The second-order valence-electron chi connectivity index (χ2n) is 4.26. The highest BCUT2D eigenvalue weighted by atomic mass is 32.2. The molecule has 0 aromatic carbocycles. The van der Waals surface area contributed by atoms with Gasteiger partial charge in [0.2, 0.25) is 0 Å². The Bertz CT molecular complexity index is 814. The third-order valence-electron chi connectivity index (χ3n) is 2.65. The summed E-state index contributed by atoms with van der Waals surface area (Å²) in [5.74, 6) is 0. The zero-order valence-electron chi connectivity index (χ0n) is 11.2. The Balaban J connectivity index is 2.38. The number of pyridine rings is 1. The second-order valence-corrected chi connectivity index (χ2v) is 7.26. The Morgan fingerprint density at radius 2 is 2.05 bits per heavy atom. The first-order chi connectivity index (χ1) is 9.70. The lowest BCUT2D eigenvalue weighted by Crippen LogP contribution is -2.13. The monoisotopic (exact) mass is 328 g/mol. The van der Waals surface area contributed by atoms with E-state index >= 15 is 0 Å². The van der Waals surface area contributed by atoms with Crippen molar-refractivity contribution >= 4 is 37.7 Å². The van der Waals surface area contributed by atoms with Crippen molar-refractivity contribution in [1.29, 1.82) is 0 Å². The molecule has 2 heterocycles. The molecule has 3 N–H and O–H groups in total. The summed E-state index contributed by atoms with van der Waals surface area (Å²) in [5.41, 5.74) is 6.62. The number of sulfonamides is 1. The number of nitrogen functional groups attached to an aromatic ring is 1. The van der Waals surface area contributed by atoms with Crippen molar-refractivity contribution in [3.63, 3.8) is 0 Å². The van der Waals surface area contributed by atoms with Gasteiger partial charge in [-0.3, -0.25) is 19.8 Å². The predicted octanol–water partition coefficient (Wildman–Crippen LogP) is 2.05. The fraction of sp³-hybridized carbons (Fsp3) is 0.182. The van der Waals surface area contributed by atoms with Gasteiger partial charge in [-0.15, -0.1) is 0 Å². The quantitative estimate of drug-likeness (QED) is 0.653. The maximum atomic E-state index is 12.2. The molecular weight excluding hydrogens is 316 g/mol. The van der Waals surface area contributed by atoms with Gasteiger partial charge in [-0.1, -0.05) is 11.3 Å². The average Bonchev–Trinajstić information content (AvgIpc) is 2.76. The molecule has 10 heteroatoms. The normalized spacial score (nSPS) is 11.3. The van der Waals surface area contributed by atoms with Crippen molar-refractivity contribution in [2.45, 2.75) is 18.1 Å². The minimum absolute atomic E-state index is 0.154. The Kier molecular flexibility index (Phi) is 3.83. The van der Waals surface area contributed by atoms with Crippen LogP contribution in [0.5, 0.6) is 0 Å². The summed E-state index contributed by atoms with van der Waals surface area (Å²) in [6, 6.07) is 4.19. The minimum atomic E-state index is -3.94. The van der Waals surface area contributed by atoms with Gasteiger partial charge in [0, 0.05) is 11.8 Å². The fourth-order valence-electron chi connectivity index (χ4n) is 1.64. The molecule has 0 atom stereocenters. The van der Waals surface area contributed by atoms with Crippen molar-refractivity contribution in [1.82, 2.24) is 4.98 Å². The molecule has 2 aromatic rings. The van der Waals surface area contributed by atoms with Gasteiger partial charge < -0.3 is 5.73 Å². The van der Waals surface area contributed by atoms with E-state index < -0.39 is 20.6 Å². The van der Waals surface area contributed by atoms with E-state index in [-0.39, 0.29) is 9.21 Å². The van der Waals surface area contributed by atoms with Crippen molar-refractivity contribution < 1.29 is 13.3 Å². The number of nitrogens with one attached hydrogen (secondary N) is 1. The third-order valence-corrected chi connectivity index (χ3v) is 5.44. The molecule has 0 bridgehead atoms. The highest BCUT2D eigenvalue weighted by Gasteiger charge is 2.25. The van der Waals surface area contributed by atoms with Crippen LogP contribution < -0.4 is 10.5 Å². The Labute approximate surface area is 124 Å². The standard InChI is InChI=1S/C11H12N4O4S2/c1-6-3-4-8(7(2)13-6)14-21(18,19)10-5-9(15(16)17)11(12)20-10/h3-5,14H,12H2,1-2H3. The van der Waals surface area contributed by atoms with Gasteiger partial charge in [0.1, 0.15) is 4.21 Å². The summed E-state index contributed by atoms with van der Waals surface area (Å²) >= 11 is 0.643. The lowest BCUT2D eigenvalue weighted by molar-refractivity contribution is -0.383. The van der Waals surface area contributed by atoms with E-state index in [9.17, 15) is 18.5 Å². The van der Waals surface area contributed by atoms with Gasteiger partial charge >= 0.3 is 5.69 Å². The molecule has 0 unspecified atom stereocenters. The van der Waals surface area contributed by atoms with Crippen molar-refractivity contribution in [3.8, 4) is 0 Å². The molecule has 0 saturated carbocycles. The number of thiophene rings is 1. The van der Waals surface area contributed by atoms with Crippen LogP contribution in [-0.4, -0.2) is 18.3 Å². The molecule has 112 valence electrons. The number of nitrogens with two attached hydrogens (primary N) is 1. The molecule has 0 saturated heterocycles. The molecule has 0 radical (unpaired) electrons. The van der Waals surface area contributed by atoms with E-state index in [0.29, 0.717) is 22.7 Å². The molecule has 0 aliphatic rings. The number of nitro groups is 1. The molecule has 2 aromatic heterocycles. The first kappa shape index (κ1) is 15.2. The van der Waals surface area contributed by atoms with E-state index in [1.165, 1.54) is 0 Å². The summed E-state index contributed by atoms with van der Waals surface area (Å²) in [5, 5.41) is 10.6. The van der Waals surface area contributed by atoms with Gasteiger partial charge in [-0.2, -0.15) is 0 Å². The Morgan fingerprint density at radius 1 is 1.38 bits per heavy atom. The van der Waals surface area contributed by atoms with E-state index in [1.54, 1.807) is 26.0 Å². The van der Waals surface area contributed by atoms with Gasteiger partial charge in [0.05, 0.1) is 16.3 Å². The summed E-state index contributed by atoms with van der Waals surface area (Å²) in [6.07, 6.45) is 0. The van der Waals surface area contributed by atoms with Gasteiger partial charge in [-0.05, 0) is 26.0 Å². The number of nitrogens with zero attached hydrogens (tertiary/aromatic N) is 2. The van der Waals surface area contributed by atoms with Crippen molar-refractivity contribution in [3.05, 3.63) is 39.7 Å². The lowest BCUT2D eigenvalue weighted by Gasteiger charge is -2.08. The van der Waals surface area contributed by atoms with Crippen LogP contribution in [0.4, 0.5) is 16.4 Å². The van der Waals surface area contributed by atoms with Gasteiger partial charge in [-0.25, -0.2) is 8.42 Å². The van der Waals surface area contributed by atoms with E-state index in [0.717, 1.165) is 11.8 Å². The van der Waals surface area contributed by atoms with Crippen LogP contribution in [0.1, 0.15) is 11.4 Å². The molecule has 0 aliphatic carbocycles. The van der Waals surface area contributed by atoms with Crippen molar-refractivity contribution in [2.75, 3.05) is 10.5 Å². The number of hydrogen-bond acceptors (Lipinski definition) is 7. The smallest absolute Gasteiger partial charge is 0.304 e. The Morgan fingerprint density at radius 3 is 2.57 bits per heavy atom. The topological polar surface area (TPSA) is 128 Å². The zero-order valence-corrected chi connectivity index (χ0v) is 12.8. The van der Waals surface area contributed by atoms with Crippen molar-refractivity contribution in [2.24, 2.45) is 0 Å². The maximum absolute atomic E-state index is 12.2. The molecule has 2 rings (SSSR count). The SMILES string of the molecule is Cc1ccc(NS(=O)(=O)c2cc([N+](=O)[O-])c(N)s2)c(C)n1. The molecule has 0 spiro atoms. The second kappa shape index (κ2) is 5.30. The minimum Gasteiger partial charge on any atom is -0.385 e. The first-order valence-corrected chi connectivity index (χ1v) is 8.01. The number of hydrogen-bond donors (Lipinski definition) is 2. The van der Waals surface area contributed by atoms with E-state index in [1.807, 2.05) is 0 Å². The fourth-order valence-corrected chi connectivity index (χ4v) is 3.97. The molecule has 0 amide bonds. The zero-order chi connectivity index (χ0) is 15.8. The van der Waals surface area contributed by atoms with Crippen LogP contribution in [0.3, 0.4) is 0 Å².